The molecule has 5 nitrogen and oxygen atoms in total. The highest BCUT2D eigenvalue weighted by atomic mass is 35.5. The van der Waals surface area contributed by atoms with E-state index in [4.69, 9.17) is 11.6 Å². The summed E-state index contributed by atoms with van der Waals surface area (Å²) in [4.78, 5) is 14.7. The van der Waals surface area contributed by atoms with Crippen LogP contribution in [0.4, 0.5) is 0 Å². The Labute approximate surface area is 134 Å². The van der Waals surface area contributed by atoms with Crippen LogP contribution < -0.4 is 5.32 Å². The van der Waals surface area contributed by atoms with Crippen LogP contribution in [0.15, 0.2) is 30.3 Å². The Balaban J connectivity index is 1.90. The van der Waals surface area contributed by atoms with Gasteiger partial charge in [-0.1, -0.05) is 23.7 Å². The number of piperazine rings is 1. The van der Waals surface area contributed by atoms with Crippen LogP contribution in [-0.4, -0.2) is 40.2 Å². The first-order valence-electron chi connectivity index (χ1n) is 7.34. The quantitative estimate of drug-likeness (QED) is 0.923. The van der Waals surface area contributed by atoms with E-state index in [9.17, 15) is 4.79 Å². The number of hydrogen-bond donors (Lipinski definition) is 1. The van der Waals surface area contributed by atoms with Crippen molar-refractivity contribution in [2.45, 2.75) is 13.0 Å². The lowest BCUT2D eigenvalue weighted by Crippen LogP contribution is -2.48. The summed E-state index contributed by atoms with van der Waals surface area (Å²) in [5, 5.41) is 8.34. The number of carbonyl (C=O) groups is 1. The highest BCUT2D eigenvalue weighted by Gasteiger charge is 2.30. The maximum Gasteiger partial charge on any atom is 0.274 e. The minimum Gasteiger partial charge on any atom is -0.328 e. The predicted molar refractivity (Wildman–Crippen MR) is 86.0 cm³/mol. The maximum absolute atomic E-state index is 12.8. The van der Waals surface area contributed by atoms with E-state index >= 15 is 0 Å². The molecule has 1 saturated heterocycles. The summed E-state index contributed by atoms with van der Waals surface area (Å²) in [6, 6.07) is 9.49. The largest absolute Gasteiger partial charge is 0.328 e. The highest BCUT2D eigenvalue weighted by molar-refractivity contribution is 6.30. The van der Waals surface area contributed by atoms with Gasteiger partial charge in [0.2, 0.25) is 0 Å². The highest BCUT2D eigenvalue weighted by Crippen LogP contribution is 2.26. The van der Waals surface area contributed by atoms with Crippen molar-refractivity contribution in [2.75, 3.05) is 19.6 Å². The lowest BCUT2D eigenvalue weighted by Gasteiger charge is -2.36. The van der Waals surface area contributed by atoms with Crippen molar-refractivity contribution >= 4 is 17.5 Å². The zero-order valence-corrected chi connectivity index (χ0v) is 13.5. The minimum atomic E-state index is -0.0322. The summed E-state index contributed by atoms with van der Waals surface area (Å²) < 4.78 is 1.73. The number of carbonyl (C=O) groups excluding carboxylic acids is 1. The number of nitrogens with one attached hydrogen (secondary N) is 1. The molecule has 116 valence electrons. The van der Waals surface area contributed by atoms with E-state index in [1.54, 1.807) is 4.68 Å². The smallest absolute Gasteiger partial charge is 0.274 e. The van der Waals surface area contributed by atoms with Crippen molar-refractivity contribution in [1.82, 2.24) is 20.0 Å². The second-order valence-electron chi connectivity index (χ2n) is 5.57. The van der Waals surface area contributed by atoms with E-state index < -0.39 is 0 Å². The molecule has 1 N–H and O–H groups in total. The van der Waals surface area contributed by atoms with Crippen LogP contribution >= 0.6 is 11.6 Å². The number of benzene rings is 1. The van der Waals surface area contributed by atoms with Crippen LogP contribution in [0.25, 0.3) is 0 Å². The molecule has 0 aliphatic carbocycles. The van der Waals surface area contributed by atoms with E-state index in [2.05, 4.69) is 10.4 Å². The van der Waals surface area contributed by atoms with Crippen molar-refractivity contribution < 1.29 is 4.79 Å². The van der Waals surface area contributed by atoms with Gasteiger partial charge in [-0.05, 0) is 30.7 Å². The molecule has 1 fully saturated rings. The summed E-state index contributed by atoms with van der Waals surface area (Å²) in [5.74, 6) is -0.0322. The standard InChI is InChI=1S/C16H19ClN4O/c1-11-8-14(19-20(11)2)16(22)21-7-6-18-10-15(21)12-4-3-5-13(17)9-12/h3-5,8-9,15,18H,6-7,10H2,1-2H3. The molecule has 0 radical (unpaired) electrons. The van der Waals surface area contributed by atoms with Gasteiger partial charge >= 0.3 is 0 Å². The number of nitrogens with zero attached hydrogens (tertiary/aromatic N) is 3. The van der Waals surface area contributed by atoms with Gasteiger partial charge in [0, 0.05) is 37.4 Å². The van der Waals surface area contributed by atoms with Crippen molar-refractivity contribution in [3.8, 4) is 0 Å². The minimum absolute atomic E-state index is 0.0257. The molecule has 1 aromatic heterocycles. The van der Waals surface area contributed by atoms with Gasteiger partial charge in [-0.3, -0.25) is 9.48 Å². The summed E-state index contributed by atoms with van der Waals surface area (Å²) in [6.07, 6.45) is 0. The molecule has 1 atom stereocenters. The van der Waals surface area contributed by atoms with Gasteiger partial charge in [-0.25, -0.2) is 0 Å². The molecule has 2 heterocycles. The summed E-state index contributed by atoms with van der Waals surface area (Å²) in [7, 11) is 1.85. The molecule has 3 rings (SSSR count). The second kappa shape index (κ2) is 6.10. The second-order valence-corrected chi connectivity index (χ2v) is 6.00. The zero-order chi connectivity index (χ0) is 15.7. The molecule has 0 saturated carbocycles. The van der Waals surface area contributed by atoms with Crippen LogP contribution in [0.5, 0.6) is 0 Å². The van der Waals surface area contributed by atoms with Crippen molar-refractivity contribution in [1.29, 1.82) is 0 Å². The third-order valence-electron chi connectivity index (χ3n) is 4.07. The fourth-order valence-corrected chi connectivity index (χ4v) is 2.97. The molecule has 1 amide bonds. The predicted octanol–water partition coefficient (Wildman–Crippen LogP) is 2.17. The third-order valence-corrected chi connectivity index (χ3v) is 4.31. The molecule has 1 aromatic carbocycles. The Morgan fingerprint density at radius 2 is 2.23 bits per heavy atom. The topological polar surface area (TPSA) is 50.2 Å². The van der Waals surface area contributed by atoms with Crippen molar-refractivity contribution in [3.05, 3.63) is 52.3 Å². The van der Waals surface area contributed by atoms with Gasteiger partial charge in [-0.2, -0.15) is 5.10 Å². The zero-order valence-electron chi connectivity index (χ0n) is 12.7. The Kier molecular flexibility index (Phi) is 4.18. The monoisotopic (exact) mass is 318 g/mol. The molecule has 1 aliphatic heterocycles. The van der Waals surface area contributed by atoms with Crippen LogP contribution in [0.2, 0.25) is 5.02 Å². The molecular formula is C16H19ClN4O. The number of rotatable bonds is 2. The van der Waals surface area contributed by atoms with Gasteiger partial charge in [-0.15, -0.1) is 0 Å². The fraction of sp³-hybridized carbons (Fsp3) is 0.375. The number of aryl methyl sites for hydroxylation is 2. The van der Waals surface area contributed by atoms with Crippen LogP contribution in [0, 0.1) is 6.92 Å². The molecule has 22 heavy (non-hydrogen) atoms. The first-order chi connectivity index (χ1) is 10.6. The van der Waals surface area contributed by atoms with Gasteiger partial charge < -0.3 is 10.2 Å². The molecule has 0 spiro atoms. The lowest BCUT2D eigenvalue weighted by atomic mass is 10.0. The van der Waals surface area contributed by atoms with Gasteiger partial charge in [0.25, 0.3) is 5.91 Å². The van der Waals surface area contributed by atoms with Crippen molar-refractivity contribution in [2.24, 2.45) is 7.05 Å². The average Bonchev–Trinajstić information content (AvgIpc) is 2.86. The van der Waals surface area contributed by atoms with Crippen LogP contribution in [0.3, 0.4) is 0 Å². The fourth-order valence-electron chi connectivity index (χ4n) is 2.77. The summed E-state index contributed by atoms with van der Waals surface area (Å²) in [5.41, 5.74) is 2.51. The Morgan fingerprint density at radius 1 is 1.41 bits per heavy atom. The molecule has 1 aliphatic rings. The number of halogens is 1. The van der Waals surface area contributed by atoms with Crippen molar-refractivity contribution in [3.63, 3.8) is 0 Å². The first kappa shape index (κ1) is 15.1. The molecule has 2 aromatic rings. The molecule has 6 heteroatoms. The molecular weight excluding hydrogens is 300 g/mol. The number of aromatic nitrogens is 2. The van der Waals surface area contributed by atoms with Crippen LogP contribution in [-0.2, 0) is 7.05 Å². The Hall–Kier alpha value is -1.85. The molecule has 1 unspecified atom stereocenters. The summed E-state index contributed by atoms with van der Waals surface area (Å²) >= 11 is 6.09. The normalized spacial score (nSPS) is 18.5. The number of hydrogen-bond acceptors (Lipinski definition) is 3. The Morgan fingerprint density at radius 3 is 2.91 bits per heavy atom. The van der Waals surface area contributed by atoms with Gasteiger partial charge in [0.1, 0.15) is 0 Å². The Bertz CT molecular complexity index is 678. The van der Waals surface area contributed by atoms with Gasteiger partial charge in [0.05, 0.1) is 6.04 Å². The lowest BCUT2D eigenvalue weighted by molar-refractivity contribution is 0.0627. The number of amides is 1. The average molecular weight is 319 g/mol. The van der Waals surface area contributed by atoms with E-state index in [1.165, 1.54) is 0 Å². The van der Waals surface area contributed by atoms with E-state index in [1.807, 2.05) is 49.2 Å². The third kappa shape index (κ3) is 2.87. The van der Waals surface area contributed by atoms with E-state index in [0.717, 1.165) is 24.3 Å². The summed E-state index contributed by atoms with van der Waals surface area (Å²) in [6.45, 7) is 4.11. The maximum atomic E-state index is 12.8. The van der Waals surface area contributed by atoms with Crippen LogP contribution in [0.1, 0.15) is 27.8 Å². The first-order valence-corrected chi connectivity index (χ1v) is 7.72. The molecule has 0 bridgehead atoms. The van der Waals surface area contributed by atoms with E-state index in [0.29, 0.717) is 17.3 Å². The SMILES string of the molecule is Cc1cc(C(=O)N2CCNCC2c2cccc(Cl)c2)nn1C. The van der Waals surface area contributed by atoms with E-state index in [-0.39, 0.29) is 11.9 Å². The van der Waals surface area contributed by atoms with Gasteiger partial charge in [0.15, 0.2) is 5.69 Å².